The molecule has 0 spiro atoms. The van der Waals surface area contributed by atoms with Crippen LogP contribution in [0.25, 0.3) is 11.3 Å². The van der Waals surface area contributed by atoms with E-state index < -0.39 is 0 Å². The molecule has 0 radical (unpaired) electrons. The first kappa shape index (κ1) is 26.4. The number of pyridine rings is 1. The van der Waals surface area contributed by atoms with Gasteiger partial charge in [0.2, 0.25) is 11.8 Å². The average Bonchev–Trinajstić information content (AvgIpc) is 3.60. The lowest BCUT2D eigenvalue weighted by molar-refractivity contribution is -0.0441. The number of aromatic nitrogens is 7. The van der Waals surface area contributed by atoms with E-state index in [1.54, 1.807) is 10.9 Å². The molecule has 8 rings (SSSR count). The van der Waals surface area contributed by atoms with Crippen molar-refractivity contribution in [3.63, 3.8) is 0 Å². The highest BCUT2D eigenvalue weighted by Gasteiger charge is 2.57. The summed E-state index contributed by atoms with van der Waals surface area (Å²) in [5.74, 6) is 2.29. The molecule has 14 nitrogen and oxygen atoms in total. The van der Waals surface area contributed by atoms with Crippen LogP contribution < -0.4 is 25.4 Å². The predicted octanol–water partition coefficient (Wildman–Crippen LogP) is 1.76. The van der Waals surface area contributed by atoms with Gasteiger partial charge in [-0.25, -0.2) is 4.98 Å². The summed E-state index contributed by atoms with van der Waals surface area (Å²) in [4.78, 5) is 32.9. The normalized spacial score (nSPS) is 26.0. The van der Waals surface area contributed by atoms with Gasteiger partial charge in [-0.15, -0.1) is 5.10 Å². The molecule has 3 aromatic heterocycles. The number of nitrogens with zero attached hydrogens (tertiary/aromatic N) is 9. The lowest BCUT2D eigenvalue weighted by atomic mass is 9.50. The third-order valence-electron chi connectivity index (χ3n) is 8.89. The fourth-order valence-electron chi connectivity index (χ4n) is 6.05. The summed E-state index contributed by atoms with van der Waals surface area (Å²) >= 11 is 0. The molecular weight excluding hydrogens is 538 g/mol. The highest BCUT2D eigenvalue weighted by Crippen LogP contribution is 2.57. The van der Waals surface area contributed by atoms with Crippen molar-refractivity contribution in [2.75, 3.05) is 36.9 Å². The monoisotopic (exact) mass is 571 g/mol. The van der Waals surface area contributed by atoms with Gasteiger partial charge in [-0.2, -0.15) is 20.2 Å². The molecular formula is C28H33N11O3. The molecule has 1 aliphatic heterocycles. The van der Waals surface area contributed by atoms with E-state index in [0.717, 1.165) is 50.0 Å². The van der Waals surface area contributed by atoms with Crippen LogP contribution in [0, 0.1) is 35.0 Å². The summed E-state index contributed by atoms with van der Waals surface area (Å²) < 4.78 is 13.6. The highest BCUT2D eigenvalue weighted by molar-refractivity contribution is 5.91. The Labute approximate surface area is 242 Å². The number of carbonyl (C=O) groups excluding carboxylic acids is 1. The van der Waals surface area contributed by atoms with E-state index in [9.17, 15) is 4.79 Å². The predicted molar refractivity (Wildman–Crippen MR) is 149 cm³/mol. The van der Waals surface area contributed by atoms with Gasteiger partial charge in [-0.05, 0) is 56.4 Å². The molecule has 3 N–H and O–H groups in total. The Balaban J connectivity index is 0.991. The van der Waals surface area contributed by atoms with Crippen LogP contribution in [0.1, 0.15) is 49.1 Å². The Morgan fingerprint density at radius 2 is 2.00 bits per heavy atom. The van der Waals surface area contributed by atoms with Crippen LogP contribution in [0.4, 0.5) is 11.8 Å². The third-order valence-corrected chi connectivity index (χ3v) is 8.89. The van der Waals surface area contributed by atoms with Crippen molar-refractivity contribution in [3.8, 4) is 29.1 Å². The van der Waals surface area contributed by atoms with Gasteiger partial charge in [0.1, 0.15) is 5.69 Å². The van der Waals surface area contributed by atoms with E-state index in [1.807, 2.05) is 19.3 Å². The number of anilines is 2. The SMILES string of the molecule is Cn1cc(-c2cnc(N)c(OCC3CCN(c4nc(OC[C@H]5C[C@H]5C#N)nc(C(=O)NC56CC(C5)C6)n4)CC3)c2)nn1. The summed E-state index contributed by atoms with van der Waals surface area (Å²) in [5.41, 5.74) is 7.48. The number of rotatable bonds is 10. The molecule has 0 unspecified atom stereocenters. The molecule has 2 atom stereocenters. The zero-order chi connectivity index (χ0) is 28.8. The van der Waals surface area contributed by atoms with E-state index >= 15 is 0 Å². The van der Waals surface area contributed by atoms with Crippen LogP contribution in [0.2, 0.25) is 0 Å². The molecule has 2 bridgehead atoms. The molecule has 14 heteroatoms. The second-order valence-corrected chi connectivity index (χ2v) is 12.1. The van der Waals surface area contributed by atoms with Gasteiger partial charge in [0.25, 0.3) is 5.91 Å². The van der Waals surface area contributed by atoms with Crippen molar-refractivity contribution in [2.45, 2.75) is 44.1 Å². The first-order chi connectivity index (χ1) is 20.4. The Morgan fingerprint density at radius 3 is 2.67 bits per heavy atom. The van der Waals surface area contributed by atoms with E-state index in [2.05, 4.69) is 46.5 Å². The third kappa shape index (κ3) is 5.26. The molecule has 4 heterocycles. The number of nitrogens with two attached hydrogens (primary N) is 1. The molecule has 42 heavy (non-hydrogen) atoms. The first-order valence-corrected chi connectivity index (χ1v) is 14.5. The lowest BCUT2D eigenvalue weighted by Crippen LogP contribution is -2.68. The lowest BCUT2D eigenvalue weighted by Gasteiger charge is -2.61. The summed E-state index contributed by atoms with van der Waals surface area (Å²) in [6, 6.07) is 4.24. The van der Waals surface area contributed by atoms with Gasteiger partial charge < -0.3 is 25.4 Å². The van der Waals surface area contributed by atoms with Crippen molar-refractivity contribution < 1.29 is 14.3 Å². The van der Waals surface area contributed by atoms with E-state index in [4.69, 9.17) is 20.5 Å². The van der Waals surface area contributed by atoms with Crippen molar-refractivity contribution in [3.05, 3.63) is 24.3 Å². The van der Waals surface area contributed by atoms with Crippen LogP contribution in [-0.4, -0.2) is 72.7 Å². The number of amides is 1. The highest BCUT2D eigenvalue weighted by atomic mass is 16.5. The molecule has 4 saturated carbocycles. The number of nitrogen functional groups attached to an aromatic ring is 1. The summed E-state index contributed by atoms with van der Waals surface area (Å²) in [7, 11) is 1.81. The molecule has 1 amide bonds. The van der Waals surface area contributed by atoms with Crippen LogP contribution in [0.3, 0.4) is 0 Å². The average molecular weight is 572 g/mol. The maximum absolute atomic E-state index is 13.1. The molecule has 0 aromatic carbocycles. The van der Waals surface area contributed by atoms with Gasteiger partial charge in [0.15, 0.2) is 11.6 Å². The molecule has 5 fully saturated rings. The summed E-state index contributed by atoms with van der Waals surface area (Å²) in [6.45, 7) is 2.23. The Bertz CT molecular complexity index is 1530. The van der Waals surface area contributed by atoms with Crippen molar-refractivity contribution in [1.29, 1.82) is 5.26 Å². The Kier molecular flexibility index (Phi) is 6.52. The van der Waals surface area contributed by atoms with Gasteiger partial charge in [-0.1, -0.05) is 5.21 Å². The fourth-order valence-corrected chi connectivity index (χ4v) is 6.05. The number of nitriles is 1. The number of piperidine rings is 1. The zero-order valence-corrected chi connectivity index (χ0v) is 23.4. The topological polar surface area (TPSA) is 183 Å². The quantitative estimate of drug-likeness (QED) is 0.360. The van der Waals surface area contributed by atoms with Crippen LogP contribution in [0.15, 0.2) is 18.5 Å². The molecule has 3 aromatic rings. The standard InChI is InChI=1S/C28H33N11O3/c1-38-13-21(36-37-38)19-7-22(23(30)31-12-19)41-14-16-2-4-39(5-3-16)26-32-24(25(40)35-28-8-17(9-28)10-28)33-27(34-26)42-15-20-6-18(20)11-29/h7,12-13,16-18,20H,2-6,8-10,14-15H2,1H3,(H2,30,31)(H,35,40)/t17?,18-,20+,28?/m0/s1. The second-order valence-electron chi connectivity index (χ2n) is 12.1. The van der Waals surface area contributed by atoms with Crippen LogP contribution in [0.5, 0.6) is 11.8 Å². The summed E-state index contributed by atoms with van der Waals surface area (Å²) in [5, 5.41) is 20.4. The van der Waals surface area contributed by atoms with Crippen LogP contribution >= 0.6 is 0 Å². The maximum Gasteiger partial charge on any atom is 0.321 e. The van der Waals surface area contributed by atoms with E-state index in [-0.39, 0.29) is 35.1 Å². The number of hydrogen-bond acceptors (Lipinski definition) is 12. The molecule has 218 valence electrons. The zero-order valence-electron chi connectivity index (χ0n) is 23.4. The molecule has 4 aliphatic carbocycles. The summed E-state index contributed by atoms with van der Waals surface area (Å²) in [6.07, 6.45) is 9.05. The van der Waals surface area contributed by atoms with Gasteiger partial charge in [0, 0.05) is 43.4 Å². The minimum Gasteiger partial charge on any atom is -0.489 e. The van der Waals surface area contributed by atoms with Crippen molar-refractivity contribution >= 4 is 17.7 Å². The molecule has 1 saturated heterocycles. The minimum atomic E-state index is -0.291. The van der Waals surface area contributed by atoms with E-state index in [1.165, 1.54) is 0 Å². The van der Waals surface area contributed by atoms with Crippen molar-refractivity contribution in [1.82, 2.24) is 40.2 Å². The van der Waals surface area contributed by atoms with E-state index in [0.29, 0.717) is 55.4 Å². The molecule has 5 aliphatic rings. The Morgan fingerprint density at radius 1 is 1.19 bits per heavy atom. The fraction of sp³-hybridized carbons (Fsp3) is 0.571. The van der Waals surface area contributed by atoms with Gasteiger partial charge in [-0.3, -0.25) is 9.48 Å². The van der Waals surface area contributed by atoms with Crippen molar-refractivity contribution in [2.24, 2.45) is 30.7 Å². The number of hydrogen-bond donors (Lipinski definition) is 2. The minimum absolute atomic E-state index is 0.0141. The second kappa shape index (κ2) is 10.4. The number of carbonyl (C=O) groups is 1. The number of nitrogens with one attached hydrogen (secondary N) is 1. The largest absolute Gasteiger partial charge is 0.489 e. The smallest absolute Gasteiger partial charge is 0.321 e. The number of aryl methyl sites for hydroxylation is 1. The Hall–Kier alpha value is -4.54. The van der Waals surface area contributed by atoms with Gasteiger partial charge in [0.05, 0.1) is 31.4 Å². The first-order valence-electron chi connectivity index (χ1n) is 14.5. The van der Waals surface area contributed by atoms with Crippen LogP contribution in [-0.2, 0) is 7.05 Å². The maximum atomic E-state index is 13.1. The van der Waals surface area contributed by atoms with Gasteiger partial charge >= 0.3 is 6.01 Å². The number of ether oxygens (including phenoxy) is 2.